The number of halogens is 2. The van der Waals surface area contributed by atoms with Gasteiger partial charge in [-0.3, -0.25) is 4.79 Å². The third-order valence-corrected chi connectivity index (χ3v) is 3.39. The van der Waals surface area contributed by atoms with Crippen molar-refractivity contribution in [2.75, 3.05) is 19.5 Å². The normalized spacial score (nSPS) is 11.9. The van der Waals surface area contributed by atoms with E-state index >= 15 is 0 Å². The van der Waals surface area contributed by atoms with E-state index in [0.717, 1.165) is 12.1 Å². The molecule has 0 aliphatic carbocycles. The Balaban J connectivity index is 1.95. The zero-order valence-electron chi connectivity index (χ0n) is 14.5. The molecule has 26 heavy (non-hydrogen) atoms. The van der Waals surface area contributed by atoms with E-state index in [2.05, 4.69) is 10.5 Å². The molecule has 1 unspecified atom stereocenters. The summed E-state index contributed by atoms with van der Waals surface area (Å²) in [5.74, 6) is -1.14. The number of hydrogen-bond acceptors (Lipinski definition) is 5. The smallest absolute Gasteiger partial charge is 0.268 e. The van der Waals surface area contributed by atoms with Gasteiger partial charge in [0.25, 0.3) is 5.91 Å². The van der Waals surface area contributed by atoms with Gasteiger partial charge in [-0.2, -0.15) is 0 Å². The zero-order chi connectivity index (χ0) is 19.1. The molecular formula is C18H18F2N2O4. The van der Waals surface area contributed by atoms with Crippen molar-refractivity contribution in [2.24, 2.45) is 5.16 Å². The molecule has 2 rings (SSSR count). The van der Waals surface area contributed by atoms with Crippen LogP contribution in [0.5, 0.6) is 11.5 Å². The van der Waals surface area contributed by atoms with Crippen LogP contribution in [0.2, 0.25) is 0 Å². The van der Waals surface area contributed by atoms with Crippen LogP contribution >= 0.6 is 0 Å². The standard InChI is InChI=1S/C18H18F2N2O4/c1-11(18(23)22-15-6-5-13(19)9-14(15)20)26-21-10-12-4-7-16(24-2)17(8-12)25-3/h4-11H,1-3H3,(H,22,23)/b21-10+. The highest BCUT2D eigenvalue weighted by molar-refractivity contribution is 5.94. The quantitative estimate of drug-likeness (QED) is 0.604. The lowest BCUT2D eigenvalue weighted by Gasteiger charge is -2.11. The minimum Gasteiger partial charge on any atom is -0.493 e. The Bertz CT molecular complexity index is 812. The summed E-state index contributed by atoms with van der Waals surface area (Å²) in [6.45, 7) is 1.45. The minimum absolute atomic E-state index is 0.143. The second-order valence-electron chi connectivity index (χ2n) is 5.21. The number of rotatable bonds is 7. The maximum atomic E-state index is 13.5. The molecule has 0 spiro atoms. The topological polar surface area (TPSA) is 69.2 Å². The third-order valence-electron chi connectivity index (χ3n) is 3.39. The van der Waals surface area contributed by atoms with E-state index in [1.54, 1.807) is 18.2 Å². The number of amides is 1. The van der Waals surface area contributed by atoms with Gasteiger partial charge in [0.15, 0.2) is 11.5 Å². The van der Waals surface area contributed by atoms with E-state index in [9.17, 15) is 13.6 Å². The van der Waals surface area contributed by atoms with Crippen LogP contribution in [-0.4, -0.2) is 32.4 Å². The lowest BCUT2D eigenvalue weighted by Crippen LogP contribution is -2.26. The number of carbonyl (C=O) groups is 1. The highest BCUT2D eigenvalue weighted by Gasteiger charge is 2.16. The summed E-state index contributed by atoms with van der Waals surface area (Å²) in [5, 5.41) is 6.04. The third kappa shape index (κ3) is 4.92. The van der Waals surface area contributed by atoms with Gasteiger partial charge in [-0.05, 0) is 37.3 Å². The van der Waals surface area contributed by atoms with Crippen LogP contribution in [0.15, 0.2) is 41.6 Å². The minimum atomic E-state index is -0.990. The largest absolute Gasteiger partial charge is 0.493 e. The van der Waals surface area contributed by atoms with Gasteiger partial charge in [-0.25, -0.2) is 8.78 Å². The number of benzene rings is 2. The molecule has 6 nitrogen and oxygen atoms in total. The summed E-state index contributed by atoms with van der Waals surface area (Å²) < 4.78 is 36.7. The Morgan fingerprint density at radius 2 is 1.85 bits per heavy atom. The number of anilines is 1. The van der Waals surface area contributed by atoms with Crippen molar-refractivity contribution in [2.45, 2.75) is 13.0 Å². The molecule has 0 bridgehead atoms. The first-order chi connectivity index (χ1) is 12.4. The second kappa shape index (κ2) is 8.80. The predicted molar refractivity (Wildman–Crippen MR) is 92.7 cm³/mol. The molecule has 1 amide bonds. The lowest BCUT2D eigenvalue weighted by atomic mass is 10.2. The SMILES string of the molecule is COc1ccc(/C=N/OC(C)C(=O)Nc2ccc(F)cc2F)cc1OC. The molecule has 1 N–H and O–H groups in total. The van der Waals surface area contributed by atoms with E-state index < -0.39 is 23.6 Å². The van der Waals surface area contributed by atoms with Crippen LogP contribution < -0.4 is 14.8 Å². The van der Waals surface area contributed by atoms with Crippen LogP contribution in [0.1, 0.15) is 12.5 Å². The maximum absolute atomic E-state index is 13.5. The van der Waals surface area contributed by atoms with Crippen LogP contribution in [0.3, 0.4) is 0 Å². The maximum Gasteiger partial charge on any atom is 0.268 e. The van der Waals surface area contributed by atoms with Crippen molar-refractivity contribution in [3.8, 4) is 11.5 Å². The number of oxime groups is 1. The second-order valence-corrected chi connectivity index (χ2v) is 5.21. The molecule has 2 aromatic rings. The monoisotopic (exact) mass is 364 g/mol. The van der Waals surface area contributed by atoms with Crippen molar-refractivity contribution >= 4 is 17.8 Å². The molecule has 0 heterocycles. The molecule has 8 heteroatoms. The average molecular weight is 364 g/mol. The number of methoxy groups -OCH3 is 2. The van der Waals surface area contributed by atoms with E-state index in [0.29, 0.717) is 23.1 Å². The summed E-state index contributed by atoms with van der Waals surface area (Å²) >= 11 is 0. The average Bonchev–Trinajstić information content (AvgIpc) is 2.63. The lowest BCUT2D eigenvalue weighted by molar-refractivity contribution is -0.126. The number of nitrogens with one attached hydrogen (secondary N) is 1. The molecule has 1 atom stereocenters. The fourth-order valence-electron chi connectivity index (χ4n) is 1.99. The Hall–Kier alpha value is -3.16. The molecule has 0 aliphatic heterocycles. The van der Waals surface area contributed by atoms with Gasteiger partial charge < -0.3 is 19.6 Å². The molecule has 0 fully saturated rings. The van der Waals surface area contributed by atoms with Crippen molar-refractivity contribution in [3.63, 3.8) is 0 Å². The number of ether oxygens (including phenoxy) is 2. The first kappa shape index (κ1) is 19.2. The van der Waals surface area contributed by atoms with Crippen LogP contribution in [-0.2, 0) is 9.63 Å². The summed E-state index contributed by atoms with van der Waals surface area (Å²) in [6, 6.07) is 7.96. The molecule has 2 aromatic carbocycles. The first-order valence-corrected chi connectivity index (χ1v) is 7.61. The van der Waals surface area contributed by atoms with Gasteiger partial charge >= 0.3 is 0 Å². The van der Waals surface area contributed by atoms with Gasteiger partial charge in [-0.1, -0.05) is 5.16 Å². The highest BCUT2D eigenvalue weighted by atomic mass is 19.1. The number of nitrogens with zero attached hydrogens (tertiary/aromatic N) is 1. The van der Waals surface area contributed by atoms with E-state index in [1.165, 1.54) is 27.4 Å². The zero-order valence-corrected chi connectivity index (χ0v) is 14.5. The van der Waals surface area contributed by atoms with Gasteiger partial charge in [-0.15, -0.1) is 0 Å². The number of carbonyl (C=O) groups excluding carboxylic acids is 1. The van der Waals surface area contributed by atoms with E-state index in [-0.39, 0.29) is 5.69 Å². The Kier molecular flexibility index (Phi) is 6.48. The van der Waals surface area contributed by atoms with Crippen molar-refractivity contribution in [3.05, 3.63) is 53.6 Å². The Morgan fingerprint density at radius 3 is 2.50 bits per heavy atom. The summed E-state index contributed by atoms with van der Waals surface area (Å²) in [5.41, 5.74) is 0.524. The molecule has 0 saturated heterocycles. The van der Waals surface area contributed by atoms with Crippen LogP contribution in [0.25, 0.3) is 0 Å². The van der Waals surface area contributed by atoms with Crippen LogP contribution in [0, 0.1) is 11.6 Å². The molecule has 138 valence electrons. The van der Waals surface area contributed by atoms with Crippen LogP contribution in [0.4, 0.5) is 14.5 Å². The van der Waals surface area contributed by atoms with Gasteiger partial charge in [0, 0.05) is 11.6 Å². The van der Waals surface area contributed by atoms with Crippen molar-refractivity contribution in [1.82, 2.24) is 0 Å². The fourth-order valence-corrected chi connectivity index (χ4v) is 1.99. The Morgan fingerprint density at radius 1 is 1.12 bits per heavy atom. The van der Waals surface area contributed by atoms with Gasteiger partial charge in [0.1, 0.15) is 11.6 Å². The molecule has 0 aliphatic rings. The fraction of sp³-hybridized carbons (Fsp3) is 0.222. The summed E-state index contributed by atoms with van der Waals surface area (Å²) in [6.07, 6.45) is 0.403. The van der Waals surface area contributed by atoms with Gasteiger partial charge in [0.2, 0.25) is 6.10 Å². The Labute approximate surface area is 149 Å². The molecule has 0 aromatic heterocycles. The van der Waals surface area contributed by atoms with Gasteiger partial charge in [0.05, 0.1) is 26.1 Å². The first-order valence-electron chi connectivity index (χ1n) is 7.61. The number of hydrogen-bond donors (Lipinski definition) is 1. The summed E-state index contributed by atoms with van der Waals surface area (Å²) in [7, 11) is 3.04. The molecule has 0 radical (unpaired) electrons. The van der Waals surface area contributed by atoms with E-state index in [1.807, 2.05) is 0 Å². The predicted octanol–water partition coefficient (Wildman–Crippen LogP) is 3.36. The molecule has 0 saturated carbocycles. The van der Waals surface area contributed by atoms with Crippen molar-refractivity contribution in [1.29, 1.82) is 0 Å². The van der Waals surface area contributed by atoms with E-state index in [4.69, 9.17) is 14.3 Å². The van der Waals surface area contributed by atoms with Crippen molar-refractivity contribution < 1.29 is 27.9 Å². The molecular weight excluding hydrogens is 346 g/mol. The summed E-state index contributed by atoms with van der Waals surface area (Å²) in [4.78, 5) is 17.0. The highest BCUT2D eigenvalue weighted by Crippen LogP contribution is 2.26.